The van der Waals surface area contributed by atoms with Crippen molar-refractivity contribution in [1.82, 2.24) is 4.90 Å². The van der Waals surface area contributed by atoms with E-state index in [1.165, 1.54) is 6.07 Å². The van der Waals surface area contributed by atoms with Gasteiger partial charge in [-0.2, -0.15) is 0 Å². The predicted octanol–water partition coefficient (Wildman–Crippen LogP) is 3.02. The van der Waals surface area contributed by atoms with Crippen molar-refractivity contribution in [2.75, 3.05) is 13.6 Å². The molecule has 0 amide bonds. The number of aromatic carboxylic acids is 1. The Balaban J connectivity index is 2.74. The number of carboxylic acids is 1. The van der Waals surface area contributed by atoms with Gasteiger partial charge in [-0.05, 0) is 31.5 Å². The van der Waals surface area contributed by atoms with E-state index in [0.717, 1.165) is 6.54 Å². The van der Waals surface area contributed by atoms with Gasteiger partial charge in [0, 0.05) is 6.54 Å². The zero-order valence-electron chi connectivity index (χ0n) is 11.2. The summed E-state index contributed by atoms with van der Waals surface area (Å²) in [6.07, 6.45) is 0. The van der Waals surface area contributed by atoms with E-state index in [-0.39, 0.29) is 17.2 Å². The zero-order chi connectivity index (χ0) is 13.2. The number of nitrogens with zero attached hydrogens (tertiary/aromatic N) is 1. The summed E-state index contributed by atoms with van der Waals surface area (Å²) in [7, 11) is 2.01. The molecule has 1 heterocycles. The topological polar surface area (TPSA) is 53.7 Å². The van der Waals surface area contributed by atoms with E-state index in [2.05, 4.69) is 25.7 Å². The smallest absolute Gasteiger partial charge is 0.371 e. The second kappa shape index (κ2) is 4.92. The van der Waals surface area contributed by atoms with Gasteiger partial charge in [-0.15, -0.1) is 0 Å². The third-order valence-electron chi connectivity index (χ3n) is 2.63. The summed E-state index contributed by atoms with van der Waals surface area (Å²) >= 11 is 0. The van der Waals surface area contributed by atoms with Crippen LogP contribution in [0.4, 0.5) is 0 Å². The minimum Gasteiger partial charge on any atom is -0.475 e. The molecule has 4 heteroatoms. The molecule has 0 aromatic carbocycles. The van der Waals surface area contributed by atoms with Crippen LogP contribution in [0.3, 0.4) is 0 Å². The van der Waals surface area contributed by atoms with E-state index in [4.69, 9.17) is 9.52 Å². The second-order valence-electron chi connectivity index (χ2n) is 5.66. The first-order chi connectivity index (χ1) is 7.70. The Morgan fingerprint density at radius 2 is 2.06 bits per heavy atom. The Bertz CT molecular complexity index is 390. The first kappa shape index (κ1) is 13.8. The predicted molar refractivity (Wildman–Crippen MR) is 66.2 cm³/mol. The van der Waals surface area contributed by atoms with Crippen LogP contribution in [0.5, 0.6) is 0 Å². The maximum atomic E-state index is 10.7. The summed E-state index contributed by atoms with van der Waals surface area (Å²) < 4.78 is 5.30. The Labute approximate surface area is 102 Å². The molecule has 0 fully saturated rings. The van der Waals surface area contributed by atoms with Gasteiger partial charge in [-0.1, -0.05) is 20.8 Å². The molecule has 1 aromatic heterocycles. The standard InChI is InChI=1S/C13H21NO3/c1-9(14(5)8-13(2,3)4)10-6-7-11(17-10)12(15)16/h6-7,9H,8H2,1-5H3,(H,15,16). The SMILES string of the molecule is CC(c1ccc(C(=O)O)o1)N(C)CC(C)(C)C. The minimum atomic E-state index is -1.03. The van der Waals surface area contributed by atoms with E-state index in [0.29, 0.717) is 5.76 Å². The van der Waals surface area contributed by atoms with Crippen LogP contribution in [0.2, 0.25) is 0 Å². The van der Waals surface area contributed by atoms with Crippen molar-refractivity contribution in [1.29, 1.82) is 0 Å². The molecule has 0 spiro atoms. The highest BCUT2D eigenvalue weighted by molar-refractivity contribution is 5.84. The summed E-state index contributed by atoms with van der Waals surface area (Å²) in [6.45, 7) is 9.43. The van der Waals surface area contributed by atoms with E-state index in [1.54, 1.807) is 6.07 Å². The van der Waals surface area contributed by atoms with Crippen LogP contribution < -0.4 is 0 Å². The molecule has 0 saturated heterocycles. The summed E-state index contributed by atoms with van der Waals surface area (Å²) in [5.41, 5.74) is 0.200. The highest BCUT2D eigenvalue weighted by Crippen LogP contribution is 2.25. The fraction of sp³-hybridized carbons (Fsp3) is 0.615. The maximum Gasteiger partial charge on any atom is 0.371 e. The summed E-state index contributed by atoms with van der Waals surface area (Å²) in [4.78, 5) is 12.9. The van der Waals surface area contributed by atoms with Gasteiger partial charge in [-0.25, -0.2) is 4.79 Å². The Hall–Kier alpha value is -1.29. The van der Waals surface area contributed by atoms with Gasteiger partial charge in [0.05, 0.1) is 6.04 Å². The average Bonchev–Trinajstić information content (AvgIpc) is 2.62. The van der Waals surface area contributed by atoms with Gasteiger partial charge in [-0.3, -0.25) is 4.90 Å². The van der Waals surface area contributed by atoms with Crippen LogP contribution in [0.25, 0.3) is 0 Å². The van der Waals surface area contributed by atoms with Gasteiger partial charge in [0.2, 0.25) is 5.76 Å². The molecule has 0 bridgehead atoms. The molecular formula is C13H21NO3. The Morgan fingerprint density at radius 3 is 2.47 bits per heavy atom. The molecule has 0 saturated carbocycles. The molecule has 0 radical (unpaired) electrons. The normalized spacial score (nSPS) is 14.0. The molecule has 1 aromatic rings. The third-order valence-corrected chi connectivity index (χ3v) is 2.63. The maximum absolute atomic E-state index is 10.7. The van der Waals surface area contributed by atoms with E-state index < -0.39 is 5.97 Å². The van der Waals surface area contributed by atoms with Crippen molar-refractivity contribution in [3.63, 3.8) is 0 Å². The van der Waals surface area contributed by atoms with E-state index >= 15 is 0 Å². The lowest BCUT2D eigenvalue weighted by atomic mass is 9.95. The molecule has 0 aliphatic heterocycles. The zero-order valence-corrected chi connectivity index (χ0v) is 11.2. The summed E-state index contributed by atoms with van der Waals surface area (Å²) in [5.74, 6) is -0.341. The molecule has 1 N–H and O–H groups in total. The highest BCUT2D eigenvalue weighted by Gasteiger charge is 2.21. The first-order valence-corrected chi connectivity index (χ1v) is 5.74. The number of hydrogen-bond donors (Lipinski definition) is 1. The quantitative estimate of drug-likeness (QED) is 0.877. The molecule has 1 unspecified atom stereocenters. The molecule has 0 aliphatic rings. The number of rotatable bonds is 4. The van der Waals surface area contributed by atoms with Gasteiger partial charge in [0.15, 0.2) is 0 Å². The van der Waals surface area contributed by atoms with Crippen LogP contribution in [-0.4, -0.2) is 29.6 Å². The second-order valence-corrected chi connectivity index (χ2v) is 5.66. The van der Waals surface area contributed by atoms with Gasteiger partial charge in [0.25, 0.3) is 0 Å². The van der Waals surface area contributed by atoms with Gasteiger partial charge < -0.3 is 9.52 Å². The molecule has 96 valence electrons. The molecular weight excluding hydrogens is 218 g/mol. The summed E-state index contributed by atoms with van der Waals surface area (Å²) in [6, 6.07) is 3.30. The Kier molecular flexibility index (Phi) is 3.98. The number of carboxylic acid groups (broad SMARTS) is 1. The fourth-order valence-corrected chi connectivity index (χ4v) is 1.79. The number of carbonyl (C=O) groups is 1. The number of hydrogen-bond acceptors (Lipinski definition) is 3. The monoisotopic (exact) mass is 239 g/mol. The third kappa shape index (κ3) is 3.89. The fourth-order valence-electron chi connectivity index (χ4n) is 1.79. The molecule has 4 nitrogen and oxygen atoms in total. The van der Waals surface area contributed by atoms with Gasteiger partial charge in [0.1, 0.15) is 5.76 Å². The van der Waals surface area contributed by atoms with E-state index in [1.807, 2.05) is 14.0 Å². The van der Waals surface area contributed by atoms with Crippen LogP contribution in [0.15, 0.2) is 16.5 Å². The van der Waals surface area contributed by atoms with Crippen molar-refractivity contribution in [3.8, 4) is 0 Å². The molecule has 1 rings (SSSR count). The van der Waals surface area contributed by atoms with Crippen LogP contribution >= 0.6 is 0 Å². The van der Waals surface area contributed by atoms with Gasteiger partial charge >= 0.3 is 5.97 Å². The lowest BCUT2D eigenvalue weighted by Crippen LogP contribution is -2.31. The first-order valence-electron chi connectivity index (χ1n) is 5.74. The lowest BCUT2D eigenvalue weighted by molar-refractivity contribution is 0.0655. The highest BCUT2D eigenvalue weighted by atomic mass is 16.4. The summed E-state index contributed by atoms with van der Waals surface area (Å²) in [5, 5.41) is 8.80. The lowest BCUT2D eigenvalue weighted by Gasteiger charge is -2.30. The molecule has 0 aliphatic carbocycles. The van der Waals surface area contributed by atoms with Crippen molar-refractivity contribution in [2.24, 2.45) is 5.41 Å². The minimum absolute atomic E-state index is 0.00370. The van der Waals surface area contributed by atoms with Crippen molar-refractivity contribution < 1.29 is 14.3 Å². The average molecular weight is 239 g/mol. The largest absolute Gasteiger partial charge is 0.475 e. The van der Waals surface area contributed by atoms with Crippen LogP contribution in [0.1, 0.15) is 50.1 Å². The van der Waals surface area contributed by atoms with E-state index in [9.17, 15) is 4.79 Å². The number of furan rings is 1. The molecule has 1 atom stereocenters. The molecule has 17 heavy (non-hydrogen) atoms. The Morgan fingerprint density at radius 1 is 1.47 bits per heavy atom. The van der Waals surface area contributed by atoms with Crippen molar-refractivity contribution in [3.05, 3.63) is 23.7 Å². The van der Waals surface area contributed by atoms with Crippen LogP contribution in [-0.2, 0) is 0 Å². The van der Waals surface area contributed by atoms with Crippen molar-refractivity contribution >= 4 is 5.97 Å². The van der Waals surface area contributed by atoms with Crippen LogP contribution in [0, 0.1) is 5.41 Å². The van der Waals surface area contributed by atoms with Crippen molar-refractivity contribution in [2.45, 2.75) is 33.7 Å².